The number of H-pyrrole nitrogens is 1. The number of aromatic nitrogens is 2. The number of nitrogens with one attached hydrogen (secondary N) is 2. The first-order valence-corrected chi connectivity index (χ1v) is 10.5. The van der Waals surface area contributed by atoms with Crippen molar-refractivity contribution in [2.75, 3.05) is 37.7 Å². The lowest BCUT2D eigenvalue weighted by Crippen LogP contribution is -2.56. The van der Waals surface area contributed by atoms with E-state index in [0.717, 1.165) is 10.3 Å². The van der Waals surface area contributed by atoms with E-state index in [9.17, 15) is 29.1 Å². The van der Waals surface area contributed by atoms with Gasteiger partial charge in [0.25, 0.3) is 5.56 Å². The number of Topliss-reactive ketones (excluding diaryl/α,β-unsaturated/α-hetero) is 1. The molecule has 1 aromatic heterocycles. The number of piperazine rings is 1. The molecule has 2 heterocycles. The van der Waals surface area contributed by atoms with E-state index >= 15 is 0 Å². The number of aryl methyl sites for hydroxylation is 1. The van der Waals surface area contributed by atoms with Gasteiger partial charge in [-0.3, -0.25) is 28.7 Å². The van der Waals surface area contributed by atoms with Gasteiger partial charge in [-0.25, -0.2) is 4.79 Å². The number of aromatic amines is 1. The Bertz CT molecular complexity index is 1150. The molecule has 1 aliphatic heterocycles. The van der Waals surface area contributed by atoms with Crippen LogP contribution in [0.2, 0.25) is 0 Å². The molecule has 2 amide bonds. The monoisotopic (exact) mass is 457 g/mol. The zero-order chi connectivity index (χ0) is 24.1. The molecule has 0 saturated carbocycles. The molecule has 3 rings (SSSR count). The molecule has 1 aromatic carbocycles. The van der Waals surface area contributed by atoms with Crippen LogP contribution in [-0.2, 0) is 16.1 Å². The van der Waals surface area contributed by atoms with E-state index in [1.807, 2.05) is 12.1 Å². The summed E-state index contributed by atoms with van der Waals surface area (Å²) in [4.78, 5) is 65.7. The minimum Gasteiger partial charge on any atom is -0.394 e. The van der Waals surface area contributed by atoms with E-state index in [4.69, 9.17) is 0 Å². The lowest BCUT2D eigenvalue weighted by atomic mass is 10.1. The van der Waals surface area contributed by atoms with Crippen LogP contribution in [0.4, 0.5) is 5.69 Å². The fraction of sp³-hybridized carbons (Fsp3) is 0.409. The fourth-order valence-corrected chi connectivity index (χ4v) is 3.63. The first-order valence-electron chi connectivity index (χ1n) is 10.5. The Kier molecular flexibility index (Phi) is 7.44. The maximum atomic E-state index is 12.8. The fourth-order valence-electron chi connectivity index (χ4n) is 3.63. The summed E-state index contributed by atoms with van der Waals surface area (Å²) < 4.78 is 1.03. The third-order valence-corrected chi connectivity index (χ3v) is 5.55. The van der Waals surface area contributed by atoms with Gasteiger partial charge in [0, 0.05) is 49.2 Å². The van der Waals surface area contributed by atoms with Gasteiger partial charge >= 0.3 is 5.69 Å². The molecule has 1 atom stereocenters. The maximum absolute atomic E-state index is 12.8. The summed E-state index contributed by atoms with van der Waals surface area (Å²) in [6.45, 7) is 3.95. The van der Waals surface area contributed by atoms with Gasteiger partial charge in [0.2, 0.25) is 11.8 Å². The van der Waals surface area contributed by atoms with E-state index in [-0.39, 0.29) is 11.3 Å². The number of aliphatic hydroxyl groups excluding tert-OH is 1. The van der Waals surface area contributed by atoms with Crippen LogP contribution in [-0.4, -0.2) is 76.0 Å². The molecule has 0 radical (unpaired) electrons. The van der Waals surface area contributed by atoms with Crippen LogP contribution in [0, 0.1) is 6.92 Å². The standard InChI is InChI=1S/C22H27N5O6/c1-14-11-27(22(33)24-20(14)31)12-19(30)23-18(13-28)21(32)26-9-7-25(8-10-26)17-5-3-16(4-6-17)15(2)29/h3-6,11,18,28H,7-10,12-13H2,1-2H3,(H,23,30)(H,24,31,33). The Hall–Kier alpha value is -3.73. The van der Waals surface area contributed by atoms with Crippen molar-refractivity contribution < 1.29 is 19.5 Å². The van der Waals surface area contributed by atoms with Gasteiger partial charge in [0.15, 0.2) is 5.78 Å². The zero-order valence-electron chi connectivity index (χ0n) is 18.5. The van der Waals surface area contributed by atoms with Crippen LogP contribution in [0.3, 0.4) is 0 Å². The van der Waals surface area contributed by atoms with Crippen LogP contribution >= 0.6 is 0 Å². The summed E-state index contributed by atoms with van der Waals surface area (Å²) in [5.41, 5.74) is 0.578. The SMILES string of the molecule is CC(=O)c1ccc(N2CCN(C(=O)C(CO)NC(=O)Cn3cc(C)c(=O)[nH]c3=O)CC2)cc1. The van der Waals surface area contributed by atoms with Gasteiger partial charge in [-0.2, -0.15) is 0 Å². The maximum Gasteiger partial charge on any atom is 0.328 e. The number of carbonyl (C=O) groups excluding carboxylic acids is 3. The highest BCUT2D eigenvalue weighted by atomic mass is 16.3. The van der Waals surface area contributed by atoms with Gasteiger partial charge in [0.05, 0.1) is 6.61 Å². The molecule has 0 aliphatic carbocycles. The van der Waals surface area contributed by atoms with E-state index in [1.165, 1.54) is 20.0 Å². The highest BCUT2D eigenvalue weighted by Crippen LogP contribution is 2.18. The number of anilines is 1. The first kappa shape index (κ1) is 23.9. The number of hydrogen-bond donors (Lipinski definition) is 3. The number of rotatable bonds is 7. The largest absolute Gasteiger partial charge is 0.394 e. The predicted molar refractivity (Wildman–Crippen MR) is 120 cm³/mol. The van der Waals surface area contributed by atoms with Crippen LogP contribution in [0.5, 0.6) is 0 Å². The average Bonchev–Trinajstić information content (AvgIpc) is 2.80. The van der Waals surface area contributed by atoms with Crippen LogP contribution < -0.4 is 21.5 Å². The summed E-state index contributed by atoms with van der Waals surface area (Å²) in [5.74, 6) is -1.06. The number of carbonyl (C=O) groups is 3. The molecule has 3 N–H and O–H groups in total. The number of aliphatic hydroxyl groups is 1. The third kappa shape index (κ3) is 5.75. The number of amides is 2. The van der Waals surface area contributed by atoms with Crippen LogP contribution in [0.15, 0.2) is 40.1 Å². The zero-order valence-corrected chi connectivity index (χ0v) is 18.5. The molecule has 1 aliphatic rings. The molecule has 1 fully saturated rings. The quantitative estimate of drug-likeness (QED) is 0.446. The van der Waals surface area contributed by atoms with E-state index in [1.54, 1.807) is 17.0 Å². The molecule has 11 heteroatoms. The lowest BCUT2D eigenvalue weighted by Gasteiger charge is -2.37. The number of benzene rings is 1. The molecule has 176 valence electrons. The first-order chi connectivity index (χ1) is 15.7. The minimum atomic E-state index is -1.14. The van der Waals surface area contributed by atoms with Crippen molar-refractivity contribution in [1.29, 1.82) is 0 Å². The van der Waals surface area contributed by atoms with Crippen molar-refractivity contribution in [2.24, 2.45) is 0 Å². The highest BCUT2D eigenvalue weighted by Gasteiger charge is 2.28. The number of hydrogen-bond acceptors (Lipinski definition) is 7. The normalized spacial score (nSPS) is 14.6. The lowest BCUT2D eigenvalue weighted by molar-refractivity contribution is -0.138. The van der Waals surface area contributed by atoms with Gasteiger partial charge in [-0.05, 0) is 38.1 Å². The van der Waals surface area contributed by atoms with Crippen molar-refractivity contribution >= 4 is 23.3 Å². The predicted octanol–water partition coefficient (Wildman–Crippen LogP) is -1.13. The third-order valence-electron chi connectivity index (χ3n) is 5.55. The van der Waals surface area contributed by atoms with E-state index < -0.39 is 42.3 Å². The molecule has 1 unspecified atom stereocenters. The average molecular weight is 457 g/mol. The van der Waals surface area contributed by atoms with Gasteiger partial charge in [0.1, 0.15) is 12.6 Å². The second kappa shape index (κ2) is 10.3. The minimum absolute atomic E-state index is 0.00498. The van der Waals surface area contributed by atoms with E-state index in [2.05, 4.69) is 15.2 Å². The molecular weight excluding hydrogens is 430 g/mol. The van der Waals surface area contributed by atoms with Crippen molar-refractivity contribution in [1.82, 2.24) is 19.8 Å². The summed E-state index contributed by atoms with van der Waals surface area (Å²) in [5, 5.41) is 12.1. The number of nitrogens with zero attached hydrogens (tertiary/aromatic N) is 3. The summed E-state index contributed by atoms with van der Waals surface area (Å²) in [6, 6.07) is 6.12. The van der Waals surface area contributed by atoms with Crippen molar-refractivity contribution in [3.63, 3.8) is 0 Å². The van der Waals surface area contributed by atoms with Crippen molar-refractivity contribution in [3.8, 4) is 0 Å². The Balaban J connectivity index is 1.56. The molecule has 33 heavy (non-hydrogen) atoms. The molecule has 1 saturated heterocycles. The van der Waals surface area contributed by atoms with Crippen molar-refractivity contribution in [3.05, 3.63) is 62.4 Å². The second-order valence-electron chi connectivity index (χ2n) is 7.92. The number of ketones is 1. The Morgan fingerprint density at radius 2 is 1.73 bits per heavy atom. The smallest absolute Gasteiger partial charge is 0.328 e. The van der Waals surface area contributed by atoms with E-state index in [0.29, 0.717) is 31.7 Å². The Morgan fingerprint density at radius 3 is 2.30 bits per heavy atom. The molecule has 0 bridgehead atoms. The molecule has 0 spiro atoms. The topological polar surface area (TPSA) is 145 Å². The highest BCUT2D eigenvalue weighted by molar-refractivity contribution is 5.94. The summed E-state index contributed by atoms with van der Waals surface area (Å²) >= 11 is 0. The molecular formula is C22H27N5O6. The Morgan fingerprint density at radius 1 is 1.09 bits per heavy atom. The van der Waals surface area contributed by atoms with Gasteiger partial charge in [-0.15, -0.1) is 0 Å². The molecule has 2 aromatic rings. The summed E-state index contributed by atoms with van der Waals surface area (Å²) in [7, 11) is 0. The van der Waals surface area contributed by atoms with Crippen LogP contribution in [0.1, 0.15) is 22.8 Å². The Labute approximate surface area is 189 Å². The van der Waals surface area contributed by atoms with Gasteiger partial charge in [-0.1, -0.05) is 0 Å². The van der Waals surface area contributed by atoms with Gasteiger partial charge < -0.3 is 20.2 Å². The molecule has 11 nitrogen and oxygen atoms in total. The van der Waals surface area contributed by atoms with Crippen molar-refractivity contribution in [2.45, 2.75) is 26.4 Å². The van der Waals surface area contributed by atoms with Crippen LogP contribution in [0.25, 0.3) is 0 Å². The second-order valence-corrected chi connectivity index (χ2v) is 7.92. The summed E-state index contributed by atoms with van der Waals surface area (Å²) in [6.07, 6.45) is 1.26.